The highest BCUT2D eigenvalue weighted by Gasteiger charge is 2.33. The molecule has 1 aromatic rings. The zero-order chi connectivity index (χ0) is 14.6. The summed E-state index contributed by atoms with van der Waals surface area (Å²) in [6.07, 6.45) is 3.20. The predicted octanol–water partition coefficient (Wildman–Crippen LogP) is 1.07. The molecular formula is C14H22N2O3S. The topological polar surface area (TPSA) is 83.6 Å². The van der Waals surface area contributed by atoms with E-state index >= 15 is 0 Å². The van der Waals surface area contributed by atoms with E-state index in [1.807, 2.05) is 6.07 Å². The van der Waals surface area contributed by atoms with Gasteiger partial charge in [0.25, 0.3) is 0 Å². The molecule has 1 saturated heterocycles. The molecule has 0 radical (unpaired) electrons. The van der Waals surface area contributed by atoms with Gasteiger partial charge in [0, 0.05) is 25.7 Å². The number of aliphatic hydroxyl groups is 1. The molecule has 0 amide bonds. The van der Waals surface area contributed by atoms with Crippen molar-refractivity contribution in [2.45, 2.75) is 43.2 Å². The molecule has 1 atom stereocenters. The van der Waals surface area contributed by atoms with E-state index in [4.69, 9.17) is 10.8 Å². The lowest BCUT2D eigenvalue weighted by Gasteiger charge is -2.34. The summed E-state index contributed by atoms with van der Waals surface area (Å²) in [4.78, 5) is 0.297. The van der Waals surface area contributed by atoms with Crippen LogP contribution in [0.1, 0.15) is 31.2 Å². The minimum Gasteiger partial charge on any atom is -0.396 e. The first-order chi connectivity index (χ1) is 9.59. The maximum Gasteiger partial charge on any atom is 0.243 e. The lowest BCUT2D eigenvalue weighted by molar-refractivity contribution is 0.192. The molecule has 2 rings (SSSR count). The lowest BCUT2D eigenvalue weighted by atomic mass is 10.0. The second-order valence-corrected chi connectivity index (χ2v) is 7.02. The molecule has 1 fully saturated rings. The lowest BCUT2D eigenvalue weighted by Crippen LogP contribution is -2.44. The third-order valence-corrected chi connectivity index (χ3v) is 5.72. The first kappa shape index (κ1) is 15.4. The highest BCUT2D eigenvalue weighted by atomic mass is 32.2. The van der Waals surface area contributed by atoms with Gasteiger partial charge in [-0.1, -0.05) is 18.6 Å². The quantitative estimate of drug-likeness (QED) is 0.852. The molecule has 1 unspecified atom stereocenters. The van der Waals surface area contributed by atoms with Crippen molar-refractivity contribution < 1.29 is 13.5 Å². The molecule has 20 heavy (non-hydrogen) atoms. The number of benzene rings is 1. The predicted molar refractivity (Wildman–Crippen MR) is 77.6 cm³/mol. The van der Waals surface area contributed by atoms with Crippen LogP contribution < -0.4 is 5.73 Å². The largest absolute Gasteiger partial charge is 0.396 e. The SMILES string of the molecule is NCc1cccc(S(=O)(=O)N2CCCCC2CCO)c1. The summed E-state index contributed by atoms with van der Waals surface area (Å²) < 4.78 is 27.0. The molecule has 0 aliphatic carbocycles. The molecule has 0 spiro atoms. The van der Waals surface area contributed by atoms with Crippen LogP contribution >= 0.6 is 0 Å². The van der Waals surface area contributed by atoms with Crippen molar-refractivity contribution in [2.75, 3.05) is 13.2 Å². The first-order valence-electron chi connectivity index (χ1n) is 7.01. The summed E-state index contributed by atoms with van der Waals surface area (Å²) in [5.41, 5.74) is 6.38. The third kappa shape index (κ3) is 3.20. The van der Waals surface area contributed by atoms with Crippen molar-refractivity contribution in [3.63, 3.8) is 0 Å². The molecule has 5 nitrogen and oxygen atoms in total. The van der Waals surface area contributed by atoms with Crippen LogP contribution in [0.2, 0.25) is 0 Å². The normalized spacial score (nSPS) is 21.0. The van der Waals surface area contributed by atoms with Gasteiger partial charge in [-0.3, -0.25) is 0 Å². The van der Waals surface area contributed by atoms with Crippen LogP contribution in [-0.4, -0.2) is 37.0 Å². The molecule has 0 bridgehead atoms. The van der Waals surface area contributed by atoms with E-state index in [1.165, 1.54) is 0 Å². The summed E-state index contributed by atoms with van der Waals surface area (Å²) in [7, 11) is -3.50. The third-order valence-electron chi connectivity index (χ3n) is 3.78. The van der Waals surface area contributed by atoms with Gasteiger partial charge in [-0.25, -0.2) is 8.42 Å². The highest BCUT2D eigenvalue weighted by molar-refractivity contribution is 7.89. The van der Waals surface area contributed by atoms with Gasteiger partial charge in [0.1, 0.15) is 0 Å². The number of hydrogen-bond acceptors (Lipinski definition) is 4. The van der Waals surface area contributed by atoms with Crippen molar-refractivity contribution in [3.8, 4) is 0 Å². The molecule has 1 heterocycles. The fourth-order valence-electron chi connectivity index (χ4n) is 2.70. The Morgan fingerprint density at radius 1 is 1.35 bits per heavy atom. The number of sulfonamides is 1. The molecule has 3 N–H and O–H groups in total. The Labute approximate surface area is 120 Å². The monoisotopic (exact) mass is 298 g/mol. The Balaban J connectivity index is 2.31. The van der Waals surface area contributed by atoms with Crippen LogP contribution in [0, 0.1) is 0 Å². The minimum absolute atomic E-state index is 0.0134. The van der Waals surface area contributed by atoms with Gasteiger partial charge < -0.3 is 10.8 Å². The van der Waals surface area contributed by atoms with Crippen LogP contribution in [0.5, 0.6) is 0 Å². The molecule has 0 saturated carbocycles. The fraction of sp³-hybridized carbons (Fsp3) is 0.571. The fourth-order valence-corrected chi connectivity index (χ4v) is 4.49. The van der Waals surface area contributed by atoms with Crippen LogP contribution in [0.25, 0.3) is 0 Å². The average molecular weight is 298 g/mol. The number of piperidine rings is 1. The highest BCUT2D eigenvalue weighted by Crippen LogP contribution is 2.27. The summed E-state index contributed by atoms with van der Waals surface area (Å²) in [6.45, 7) is 0.864. The summed E-state index contributed by atoms with van der Waals surface area (Å²) in [6, 6.07) is 6.69. The molecular weight excluding hydrogens is 276 g/mol. The van der Waals surface area contributed by atoms with Crippen LogP contribution in [0.4, 0.5) is 0 Å². The minimum atomic E-state index is -3.50. The zero-order valence-electron chi connectivity index (χ0n) is 11.5. The van der Waals surface area contributed by atoms with Crippen LogP contribution in [0.15, 0.2) is 29.2 Å². The Morgan fingerprint density at radius 3 is 2.85 bits per heavy atom. The van der Waals surface area contributed by atoms with E-state index in [1.54, 1.807) is 22.5 Å². The van der Waals surface area contributed by atoms with Gasteiger partial charge in [0.05, 0.1) is 4.90 Å². The molecule has 1 aromatic carbocycles. The van der Waals surface area contributed by atoms with Crippen molar-refractivity contribution in [1.29, 1.82) is 0 Å². The summed E-state index contributed by atoms with van der Waals surface area (Å²) in [5.74, 6) is 0. The van der Waals surface area contributed by atoms with E-state index < -0.39 is 10.0 Å². The van der Waals surface area contributed by atoms with Crippen molar-refractivity contribution in [3.05, 3.63) is 29.8 Å². The van der Waals surface area contributed by atoms with E-state index in [-0.39, 0.29) is 12.6 Å². The Kier molecular flexibility index (Phi) is 5.15. The second-order valence-electron chi connectivity index (χ2n) is 5.13. The van der Waals surface area contributed by atoms with Gasteiger partial charge in [-0.05, 0) is 37.0 Å². The summed E-state index contributed by atoms with van der Waals surface area (Å²) in [5, 5.41) is 9.12. The first-order valence-corrected chi connectivity index (χ1v) is 8.45. The maximum absolute atomic E-state index is 12.7. The molecule has 6 heteroatoms. The van der Waals surface area contributed by atoms with E-state index in [0.717, 1.165) is 24.8 Å². The Hall–Kier alpha value is -0.950. The van der Waals surface area contributed by atoms with Crippen LogP contribution in [0.3, 0.4) is 0 Å². The van der Waals surface area contributed by atoms with Gasteiger partial charge in [0.2, 0.25) is 10.0 Å². The van der Waals surface area contributed by atoms with Gasteiger partial charge in [0.15, 0.2) is 0 Å². The molecule has 1 aliphatic heterocycles. The van der Waals surface area contributed by atoms with Gasteiger partial charge in [-0.2, -0.15) is 4.31 Å². The van der Waals surface area contributed by atoms with Crippen LogP contribution in [-0.2, 0) is 16.6 Å². The molecule has 0 aromatic heterocycles. The number of aliphatic hydroxyl groups excluding tert-OH is 1. The van der Waals surface area contributed by atoms with Crippen molar-refractivity contribution in [2.24, 2.45) is 5.73 Å². The summed E-state index contributed by atoms with van der Waals surface area (Å²) >= 11 is 0. The average Bonchev–Trinajstić information content (AvgIpc) is 2.48. The zero-order valence-corrected chi connectivity index (χ0v) is 12.3. The number of nitrogens with two attached hydrogens (primary N) is 1. The molecule has 1 aliphatic rings. The Morgan fingerprint density at radius 2 is 2.15 bits per heavy atom. The standard InChI is InChI=1S/C14H22N2O3S/c15-11-12-4-3-6-14(10-12)20(18,19)16-8-2-1-5-13(16)7-9-17/h3-4,6,10,13,17H,1-2,5,7-9,11,15H2. The van der Waals surface area contributed by atoms with Crippen molar-refractivity contribution >= 4 is 10.0 Å². The van der Waals surface area contributed by atoms with E-state index in [0.29, 0.717) is 24.4 Å². The van der Waals surface area contributed by atoms with Gasteiger partial charge in [-0.15, -0.1) is 0 Å². The smallest absolute Gasteiger partial charge is 0.243 e. The van der Waals surface area contributed by atoms with E-state index in [9.17, 15) is 8.42 Å². The number of nitrogens with zero attached hydrogens (tertiary/aromatic N) is 1. The van der Waals surface area contributed by atoms with E-state index in [2.05, 4.69) is 0 Å². The van der Waals surface area contributed by atoms with Gasteiger partial charge >= 0.3 is 0 Å². The number of rotatable bonds is 5. The van der Waals surface area contributed by atoms with Crippen molar-refractivity contribution in [1.82, 2.24) is 4.31 Å². The Bertz CT molecular complexity index is 543. The molecule has 112 valence electrons. The maximum atomic E-state index is 12.7. The second kappa shape index (κ2) is 6.67. The number of hydrogen-bond donors (Lipinski definition) is 2.